The van der Waals surface area contributed by atoms with Crippen molar-refractivity contribution in [2.24, 2.45) is 0 Å². The van der Waals surface area contributed by atoms with Gasteiger partial charge in [0, 0.05) is 18.5 Å². The highest BCUT2D eigenvalue weighted by Gasteiger charge is 2.20. The molecule has 0 radical (unpaired) electrons. The molecule has 8 heteroatoms. The van der Waals surface area contributed by atoms with Crippen LogP contribution in [0.25, 0.3) is 10.8 Å². The molecule has 1 amide bonds. The van der Waals surface area contributed by atoms with Gasteiger partial charge in [0.2, 0.25) is 0 Å². The highest BCUT2D eigenvalue weighted by atomic mass is 35.5. The van der Waals surface area contributed by atoms with Gasteiger partial charge in [-0.3, -0.25) is 4.79 Å². The first-order valence-corrected chi connectivity index (χ1v) is 9.40. The Balaban J connectivity index is 1.57. The first kappa shape index (κ1) is 17.1. The molecule has 0 spiro atoms. The van der Waals surface area contributed by atoms with Crippen LogP contribution >= 0.6 is 22.9 Å². The Hall–Kier alpha value is -2.35. The average molecular weight is 390 g/mol. The highest BCUT2D eigenvalue weighted by Crippen LogP contribution is 2.35. The number of ether oxygens (including phenoxy) is 1. The number of morpholine rings is 1. The number of benzene rings is 1. The third kappa shape index (κ3) is 3.46. The molecular formula is C18H16ClN3O3S. The van der Waals surface area contributed by atoms with Crippen LogP contribution in [-0.4, -0.2) is 37.2 Å². The van der Waals surface area contributed by atoms with Gasteiger partial charge in [-0.05, 0) is 24.3 Å². The van der Waals surface area contributed by atoms with Gasteiger partial charge in [0.05, 0.1) is 35.9 Å². The molecule has 0 unspecified atom stereocenters. The number of para-hydroxylation sites is 1. The van der Waals surface area contributed by atoms with Gasteiger partial charge in [-0.1, -0.05) is 17.7 Å². The predicted octanol–water partition coefficient (Wildman–Crippen LogP) is 4.15. The standard InChI is InChI=1S/C18H16ClN3O3S/c19-12-3-1-4-13(16(12)22-6-9-24-10-7-22)20-17(23)14-11-26-18(21-14)15-5-2-8-25-15/h1-5,8,11H,6-7,9-10H2,(H,20,23). The molecule has 1 aromatic carbocycles. The van der Waals surface area contributed by atoms with Crippen LogP contribution in [0.15, 0.2) is 46.4 Å². The Kier molecular flexibility index (Phi) is 4.92. The summed E-state index contributed by atoms with van der Waals surface area (Å²) in [6, 6.07) is 9.08. The topological polar surface area (TPSA) is 67.6 Å². The minimum atomic E-state index is -0.282. The summed E-state index contributed by atoms with van der Waals surface area (Å²) in [6.07, 6.45) is 1.58. The number of rotatable bonds is 4. The second-order valence-electron chi connectivity index (χ2n) is 5.70. The summed E-state index contributed by atoms with van der Waals surface area (Å²) in [5.74, 6) is 0.363. The Morgan fingerprint density at radius 3 is 2.85 bits per heavy atom. The maximum atomic E-state index is 12.7. The third-order valence-corrected chi connectivity index (χ3v) is 5.19. The SMILES string of the molecule is O=C(Nc1cccc(Cl)c1N1CCOCC1)c1csc(-c2ccco2)n1. The number of carbonyl (C=O) groups excluding carboxylic acids is 1. The lowest BCUT2D eigenvalue weighted by Gasteiger charge is -2.31. The lowest BCUT2D eigenvalue weighted by atomic mass is 10.2. The second kappa shape index (κ2) is 7.49. The van der Waals surface area contributed by atoms with E-state index in [1.54, 1.807) is 17.7 Å². The van der Waals surface area contributed by atoms with Crippen molar-refractivity contribution in [2.45, 2.75) is 0 Å². The van der Waals surface area contributed by atoms with Gasteiger partial charge in [-0.15, -0.1) is 11.3 Å². The first-order valence-electron chi connectivity index (χ1n) is 8.14. The van der Waals surface area contributed by atoms with E-state index in [0.29, 0.717) is 40.4 Å². The number of amides is 1. The molecule has 1 aliphatic heterocycles. The zero-order chi connectivity index (χ0) is 17.9. The summed E-state index contributed by atoms with van der Waals surface area (Å²) in [7, 11) is 0. The van der Waals surface area contributed by atoms with E-state index in [4.69, 9.17) is 20.8 Å². The van der Waals surface area contributed by atoms with Crippen LogP contribution in [0.3, 0.4) is 0 Å². The molecule has 0 saturated carbocycles. The van der Waals surface area contributed by atoms with Crippen LogP contribution in [0.2, 0.25) is 5.02 Å². The van der Waals surface area contributed by atoms with E-state index in [1.807, 2.05) is 24.3 Å². The zero-order valence-electron chi connectivity index (χ0n) is 13.8. The number of aromatic nitrogens is 1. The van der Waals surface area contributed by atoms with Crippen molar-refractivity contribution in [1.82, 2.24) is 4.98 Å². The van der Waals surface area contributed by atoms with E-state index in [0.717, 1.165) is 18.8 Å². The van der Waals surface area contributed by atoms with E-state index in [2.05, 4.69) is 15.2 Å². The van der Waals surface area contributed by atoms with Crippen molar-refractivity contribution in [1.29, 1.82) is 0 Å². The molecule has 1 saturated heterocycles. The molecular weight excluding hydrogens is 374 g/mol. The molecule has 4 rings (SSSR count). The molecule has 2 aromatic heterocycles. The molecule has 3 heterocycles. The summed E-state index contributed by atoms with van der Waals surface area (Å²) in [4.78, 5) is 19.1. The van der Waals surface area contributed by atoms with E-state index in [1.165, 1.54) is 11.3 Å². The van der Waals surface area contributed by atoms with Crippen molar-refractivity contribution in [2.75, 3.05) is 36.5 Å². The summed E-state index contributed by atoms with van der Waals surface area (Å²) >= 11 is 7.77. The van der Waals surface area contributed by atoms with Crippen molar-refractivity contribution in [3.8, 4) is 10.8 Å². The smallest absolute Gasteiger partial charge is 0.275 e. The third-order valence-electron chi connectivity index (χ3n) is 4.03. The number of anilines is 2. The summed E-state index contributed by atoms with van der Waals surface area (Å²) in [5.41, 5.74) is 1.82. The van der Waals surface area contributed by atoms with E-state index in [9.17, 15) is 4.79 Å². The number of carbonyl (C=O) groups is 1. The van der Waals surface area contributed by atoms with Gasteiger partial charge < -0.3 is 19.4 Å². The lowest BCUT2D eigenvalue weighted by Crippen LogP contribution is -2.37. The molecule has 1 fully saturated rings. The number of nitrogens with one attached hydrogen (secondary N) is 1. The predicted molar refractivity (Wildman–Crippen MR) is 102 cm³/mol. The van der Waals surface area contributed by atoms with Crippen molar-refractivity contribution in [3.05, 3.63) is 52.7 Å². The van der Waals surface area contributed by atoms with E-state index < -0.39 is 0 Å². The Bertz CT molecular complexity index is 904. The summed E-state index contributed by atoms with van der Waals surface area (Å²) < 4.78 is 10.7. The maximum absolute atomic E-state index is 12.7. The number of thiazole rings is 1. The van der Waals surface area contributed by atoms with Gasteiger partial charge in [-0.25, -0.2) is 4.98 Å². The normalized spacial score (nSPS) is 14.4. The van der Waals surface area contributed by atoms with Crippen LogP contribution in [0.1, 0.15) is 10.5 Å². The molecule has 26 heavy (non-hydrogen) atoms. The van der Waals surface area contributed by atoms with Crippen LogP contribution in [0.4, 0.5) is 11.4 Å². The fourth-order valence-corrected chi connectivity index (χ4v) is 3.86. The van der Waals surface area contributed by atoms with E-state index in [-0.39, 0.29) is 5.91 Å². The fourth-order valence-electron chi connectivity index (χ4n) is 2.80. The van der Waals surface area contributed by atoms with Gasteiger partial charge >= 0.3 is 0 Å². The maximum Gasteiger partial charge on any atom is 0.275 e. The number of hydrogen-bond donors (Lipinski definition) is 1. The summed E-state index contributed by atoms with van der Waals surface area (Å²) in [5, 5.41) is 5.91. The minimum absolute atomic E-state index is 0.282. The van der Waals surface area contributed by atoms with Crippen molar-refractivity contribution in [3.63, 3.8) is 0 Å². The molecule has 3 aromatic rings. The minimum Gasteiger partial charge on any atom is -0.462 e. The van der Waals surface area contributed by atoms with Gasteiger partial charge in [0.15, 0.2) is 10.8 Å². The van der Waals surface area contributed by atoms with Crippen LogP contribution in [-0.2, 0) is 4.74 Å². The quantitative estimate of drug-likeness (QED) is 0.726. The molecule has 0 atom stereocenters. The molecule has 6 nitrogen and oxygen atoms in total. The van der Waals surface area contributed by atoms with Crippen LogP contribution in [0.5, 0.6) is 0 Å². The number of nitrogens with zero attached hydrogens (tertiary/aromatic N) is 2. The largest absolute Gasteiger partial charge is 0.462 e. The number of hydrogen-bond acceptors (Lipinski definition) is 6. The Morgan fingerprint density at radius 1 is 1.23 bits per heavy atom. The lowest BCUT2D eigenvalue weighted by molar-refractivity contribution is 0.102. The van der Waals surface area contributed by atoms with Crippen LogP contribution in [0, 0.1) is 0 Å². The number of halogens is 1. The van der Waals surface area contributed by atoms with E-state index >= 15 is 0 Å². The van der Waals surface area contributed by atoms with Crippen molar-refractivity contribution < 1.29 is 13.9 Å². The first-order chi connectivity index (χ1) is 12.7. The second-order valence-corrected chi connectivity index (χ2v) is 6.97. The Morgan fingerprint density at radius 2 is 2.08 bits per heavy atom. The van der Waals surface area contributed by atoms with Crippen molar-refractivity contribution >= 4 is 40.2 Å². The average Bonchev–Trinajstić information content (AvgIpc) is 3.34. The fraction of sp³-hybridized carbons (Fsp3) is 0.222. The zero-order valence-corrected chi connectivity index (χ0v) is 15.3. The van der Waals surface area contributed by atoms with Gasteiger partial charge in [0.1, 0.15) is 5.69 Å². The Labute approximate surface area is 159 Å². The van der Waals surface area contributed by atoms with Gasteiger partial charge in [-0.2, -0.15) is 0 Å². The molecule has 0 bridgehead atoms. The molecule has 1 aliphatic rings. The van der Waals surface area contributed by atoms with Gasteiger partial charge in [0.25, 0.3) is 5.91 Å². The monoisotopic (exact) mass is 389 g/mol. The highest BCUT2D eigenvalue weighted by molar-refractivity contribution is 7.13. The molecule has 0 aliphatic carbocycles. The summed E-state index contributed by atoms with van der Waals surface area (Å²) in [6.45, 7) is 2.73. The molecule has 1 N–H and O–H groups in total. The number of furan rings is 1. The van der Waals surface area contributed by atoms with Crippen LogP contribution < -0.4 is 10.2 Å². The molecule has 134 valence electrons.